The van der Waals surface area contributed by atoms with E-state index < -0.39 is 11.6 Å². The molecule has 0 amide bonds. The van der Waals surface area contributed by atoms with Crippen LogP contribution in [0.1, 0.15) is 12.0 Å². The van der Waals surface area contributed by atoms with Gasteiger partial charge in [0.15, 0.2) is 11.6 Å². The number of aryl methyl sites for hydroxylation is 1. The minimum Gasteiger partial charge on any atom is -0.204 e. The highest BCUT2D eigenvalue weighted by atomic mass is 19.2. The first-order valence-corrected chi connectivity index (χ1v) is 3.79. The van der Waals surface area contributed by atoms with E-state index in [1.54, 1.807) is 12.1 Å². The Labute approximate surface area is 70.5 Å². The van der Waals surface area contributed by atoms with E-state index in [1.165, 1.54) is 6.07 Å². The van der Waals surface area contributed by atoms with Crippen molar-refractivity contribution in [1.29, 1.82) is 0 Å². The smallest absolute Gasteiger partial charge is 0.159 e. The van der Waals surface area contributed by atoms with Gasteiger partial charge in [-0.25, -0.2) is 8.78 Å². The molecule has 0 aromatic heterocycles. The molecule has 12 heavy (non-hydrogen) atoms. The SMILES string of the molecule is C=CCCc1ccc(F)c(F)c1. The maximum absolute atomic E-state index is 12.6. The molecule has 0 saturated heterocycles. The van der Waals surface area contributed by atoms with Crippen LogP contribution in [0.4, 0.5) is 8.78 Å². The summed E-state index contributed by atoms with van der Waals surface area (Å²) >= 11 is 0. The molecule has 0 N–H and O–H groups in total. The van der Waals surface area contributed by atoms with Crippen LogP contribution in [0.15, 0.2) is 30.9 Å². The van der Waals surface area contributed by atoms with E-state index in [4.69, 9.17) is 0 Å². The minimum absolute atomic E-state index is 0.709. The van der Waals surface area contributed by atoms with E-state index >= 15 is 0 Å². The van der Waals surface area contributed by atoms with Crippen molar-refractivity contribution in [3.05, 3.63) is 48.1 Å². The molecule has 0 aliphatic heterocycles. The van der Waals surface area contributed by atoms with Crippen LogP contribution in [0, 0.1) is 11.6 Å². The topological polar surface area (TPSA) is 0 Å². The standard InChI is InChI=1S/C10H10F2/c1-2-3-4-8-5-6-9(11)10(12)7-8/h2,5-7H,1,3-4H2. The van der Waals surface area contributed by atoms with Crippen molar-refractivity contribution in [2.24, 2.45) is 0 Å². The van der Waals surface area contributed by atoms with Gasteiger partial charge >= 0.3 is 0 Å². The number of rotatable bonds is 3. The van der Waals surface area contributed by atoms with Crippen molar-refractivity contribution < 1.29 is 8.78 Å². The molecule has 0 bridgehead atoms. The van der Waals surface area contributed by atoms with Crippen molar-refractivity contribution in [3.8, 4) is 0 Å². The highest BCUT2D eigenvalue weighted by molar-refractivity contribution is 5.18. The zero-order valence-corrected chi connectivity index (χ0v) is 6.69. The number of hydrogen-bond donors (Lipinski definition) is 0. The van der Waals surface area contributed by atoms with Crippen molar-refractivity contribution in [3.63, 3.8) is 0 Å². The first kappa shape index (κ1) is 8.91. The fraction of sp³-hybridized carbons (Fsp3) is 0.200. The van der Waals surface area contributed by atoms with Gasteiger partial charge in [0.25, 0.3) is 0 Å². The lowest BCUT2D eigenvalue weighted by molar-refractivity contribution is 0.507. The molecule has 0 unspecified atom stereocenters. The Bertz CT molecular complexity index is 279. The molecule has 0 radical (unpaired) electrons. The minimum atomic E-state index is -0.794. The maximum atomic E-state index is 12.6. The Morgan fingerprint density at radius 1 is 1.25 bits per heavy atom. The molecule has 0 saturated carbocycles. The Kier molecular flexibility index (Phi) is 2.97. The summed E-state index contributed by atoms with van der Waals surface area (Å²) in [7, 11) is 0. The number of allylic oxidation sites excluding steroid dienone is 1. The zero-order chi connectivity index (χ0) is 8.97. The fourth-order valence-electron chi connectivity index (χ4n) is 0.964. The number of halogens is 2. The fourth-order valence-corrected chi connectivity index (χ4v) is 0.964. The Morgan fingerprint density at radius 2 is 2.00 bits per heavy atom. The van der Waals surface area contributed by atoms with Crippen molar-refractivity contribution in [2.75, 3.05) is 0 Å². The zero-order valence-electron chi connectivity index (χ0n) is 6.69. The van der Waals surface area contributed by atoms with Crippen LogP contribution in [-0.2, 0) is 6.42 Å². The van der Waals surface area contributed by atoms with Crippen molar-refractivity contribution >= 4 is 0 Å². The highest BCUT2D eigenvalue weighted by Gasteiger charge is 2.00. The number of hydrogen-bond acceptors (Lipinski definition) is 0. The summed E-state index contributed by atoms with van der Waals surface area (Å²) in [5.41, 5.74) is 0.800. The van der Waals surface area contributed by atoms with Crippen LogP contribution >= 0.6 is 0 Å². The van der Waals surface area contributed by atoms with Gasteiger partial charge in [0, 0.05) is 0 Å². The van der Waals surface area contributed by atoms with Gasteiger partial charge in [0.1, 0.15) is 0 Å². The normalized spacial score (nSPS) is 9.83. The highest BCUT2D eigenvalue weighted by Crippen LogP contribution is 2.10. The number of benzene rings is 1. The van der Waals surface area contributed by atoms with Crippen LogP contribution in [0.2, 0.25) is 0 Å². The van der Waals surface area contributed by atoms with Gasteiger partial charge in [-0.05, 0) is 30.5 Å². The predicted octanol–water partition coefficient (Wildman–Crippen LogP) is 3.08. The van der Waals surface area contributed by atoms with Crippen molar-refractivity contribution in [1.82, 2.24) is 0 Å². The van der Waals surface area contributed by atoms with Crippen LogP contribution in [0.3, 0.4) is 0 Å². The molecule has 0 fully saturated rings. The molecule has 1 aromatic carbocycles. The van der Waals surface area contributed by atoms with Gasteiger partial charge in [-0.15, -0.1) is 6.58 Å². The molecule has 1 aromatic rings. The summed E-state index contributed by atoms with van der Waals surface area (Å²) in [5.74, 6) is -1.58. The summed E-state index contributed by atoms with van der Waals surface area (Å²) < 4.78 is 25.0. The second kappa shape index (κ2) is 4.00. The van der Waals surface area contributed by atoms with E-state index in [2.05, 4.69) is 6.58 Å². The average Bonchev–Trinajstić information content (AvgIpc) is 2.07. The second-order valence-corrected chi connectivity index (χ2v) is 2.58. The van der Waals surface area contributed by atoms with Crippen LogP contribution < -0.4 is 0 Å². The molecule has 0 spiro atoms. The van der Waals surface area contributed by atoms with Gasteiger partial charge in [-0.2, -0.15) is 0 Å². The van der Waals surface area contributed by atoms with Gasteiger partial charge in [-0.3, -0.25) is 0 Å². The largest absolute Gasteiger partial charge is 0.204 e. The van der Waals surface area contributed by atoms with E-state index in [9.17, 15) is 8.78 Å². The third kappa shape index (κ3) is 2.16. The molecule has 0 nitrogen and oxygen atoms in total. The summed E-state index contributed by atoms with van der Waals surface area (Å²) in [6.07, 6.45) is 3.24. The second-order valence-electron chi connectivity index (χ2n) is 2.58. The van der Waals surface area contributed by atoms with E-state index in [0.29, 0.717) is 6.42 Å². The first-order valence-electron chi connectivity index (χ1n) is 3.79. The predicted molar refractivity (Wildman–Crippen MR) is 44.9 cm³/mol. The summed E-state index contributed by atoms with van der Waals surface area (Å²) in [6, 6.07) is 3.95. The molecular weight excluding hydrogens is 158 g/mol. The summed E-state index contributed by atoms with van der Waals surface area (Å²) in [6.45, 7) is 3.55. The third-order valence-corrected chi connectivity index (χ3v) is 1.62. The van der Waals surface area contributed by atoms with E-state index in [0.717, 1.165) is 18.1 Å². The molecule has 0 atom stereocenters. The molecule has 64 valence electrons. The first-order chi connectivity index (χ1) is 5.74. The average molecular weight is 168 g/mol. The third-order valence-electron chi connectivity index (χ3n) is 1.62. The van der Waals surface area contributed by atoms with Crippen molar-refractivity contribution in [2.45, 2.75) is 12.8 Å². The monoisotopic (exact) mass is 168 g/mol. The lowest BCUT2D eigenvalue weighted by Crippen LogP contribution is -1.88. The van der Waals surface area contributed by atoms with Gasteiger partial charge in [0.2, 0.25) is 0 Å². The van der Waals surface area contributed by atoms with Crippen LogP contribution in [0.5, 0.6) is 0 Å². The van der Waals surface area contributed by atoms with Crippen LogP contribution in [0.25, 0.3) is 0 Å². The van der Waals surface area contributed by atoms with E-state index in [1.807, 2.05) is 0 Å². The van der Waals surface area contributed by atoms with E-state index in [-0.39, 0.29) is 0 Å². The quantitative estimate of drug-likeness (QED) is 0.608. The van der Waals surface area contributed by atoms with Gasteiger partial charge in [0.05, 0.1) is 0 Å². The molecular formula is C10H10F2. The lowest BCUT2D eigenvalue weighted by Gasteiger charge is -1.98. The molecule has 0 aliphatic rings. The Hall–Kier alpha value is -1.18. The summed E-state index contributed by atoms with van der Waals surface area (Å²) in [4.78, 5) is 0. The Morgan fingerprint density at radius 3 is 2.58 bits per heavy atom. The molecule has 1 rings (SSSR count). The van der Waals surface area contributed by atoms with Crippen LogP contribution in [-0.4, -0.2) is 0 Å². The maximum Gasteiger partial charge on any atom is 0.159 e. The van der Waals surface area contributed by atoms with Gasteiger partial charge < -0.3 is 0 Å². The lowest BCUT2D eigenvalue weighted by atomic mass is 10.1. The van der Waals surface area contributed by atoms with Gasteiger partial charge in [-0.1, -0.05) is 12.1 Å². The molecule has 0 aliphatic carbocycles. The molecule has 0 heterocycles. The molecule has 2 heteroatoms. The Balaban J connectivity index is 2.75. The summed E-state index contributed by atoms with van der Waals surface area (Å²) in [5, 5.41) is 0.